The Hall–Kier alpha value is -2.97. The topological polar surface area (TPSA) is 96.4 Å². The SMILES string of the molecule is CC[C@]12/C=C\CCCOC(=O)[C@H]1[C@H]1C(=O)N(CCCCO)C3C(=O)N(Cc4ccccc4)CC=C[C@@]31O2. The predicted octanol–water partition coefficient (Wildman–Crippen LogP) is 2.61. The fourth-order valence-corrected chi connectivity index (χ4v) is 6.50. The summed E-state index contributed by atoms with van der Waals surface area (Å²) in [6.45, 7) is 3.33. The number of benzene rings is 1. The van der Waals surface area contributed by atoms with Gasteiger partial charge in [-0.05, 0) is 37.7 Å². The number of rotatable bonds is 7. The van der Waals surface area contributed by atoms with E-state index in [9.17, 15) is 19.5 Å². The standard InChI is InChI=1S/C29H36N2O6/c1-2-28-14-7-4-10-19-36-27(35)23(28)22-25(33)31(17-8-9-18-32)24-26(34)30(16-11-15-29(22,24)37-28)20-21-12-5-3-6-13-21/h3,5-7,11-15,22-24,32H,2,4,8-10,16-20H2,1H3/b14-7-/t22-,23+,24?,28-,29-/m0/s1. The number of amides is 2. The molecule has 4 aliphatic rings. The van der Waals surface area contributed by atoms with Crippen molar-refractivity contribution in [3.05, 3.63) is 60.2 Å². The molecule has 1 aromatic rings. The molecule has 0 aliphatic carbocycles. The van der Waals surface area contributed by atoms with Crippen molar-refractivity contribution in [3.63, 3.8) is 0 Å². The largest absolute Gasteiger partial charge is 0.465 e. The maximum Gasteiger partial charge on any atom is 0.313 e. The average Bonchev–Trinajstić information content (AvgIpc) is 3.28. The Morgan fingerprint density at radius 2 is 1.84 bits per heavy atom. The van der Waals surface area contributed by atoms with Crippen LogP contribution in [0.4, 0.5) is 0 Å². The monoisotopic (exact) mass is 508 g/mol. The van der Waals surface area contributed by atoms with E-state index in [0.29, 0.717) is 45.3 Å². The molecule has 2 saturated heterocycles. The summed E-state index contributed by atoms with van der Waals surface area (Å²) in [6.07, 6.45) is 10.7. The van der Waals surface area contributed by atoms with Crippen LogP contribution in [-0.4, -0.2) is 76.2 Å². The Morgan fingerprint density at radius 3 is 2.59 bits per heavy atom. The summed E-state index contributed by atoms with van der Waals surface area (Å²) in [5.41, 5.74) is -1.31. The summed E-state index contributed by atoms with van der Waals surface area (Å²) in [5, 5.41) is 9.36. The van der Waals surface area contributed by atoms with E-state index < -0.39 is 35.0 Å². The number of aliphatic hydroxyl groups is 1. The molecule has 5 atom stereocenters. The van der Waals surface area contributed by atoms with Crippen molar-refractivity contribution in [3.8, 4) is 0 Å². The second kappa shape index (κ2) is 10.4. The molecule has 2 amide bonds. The first-order valence-electron chi connectivity index (χ1n) is 13.4. The number of nitrogens with zero attached hydrogens (tertiary/aromatic N) is 2. The van der Waals surface area contributed by atoms with E-state index in [0.717, 1.165) is 12.0 Å². The molecule has 2 fully saturated rings. The lowest BCUT2D eigenvalue weighted by atomic mass is 9.73. The van der Waals surface area contributed by atoms with Gasteiger partial charge in [-0.25, -0.2) is 0 Å². The molecule has 37 heavy (non-hydrogen) atoms. The number of esters is 1. The lowest BCUT2D eigenvalue weighted by molar-refractivity contribution is -0.161. The molecule has 8 nitrogen and oxygen atoms in total. The highest BCUT2D eigenvalue weighted by atomic mass is 16.6. The van der Waals surface area contributed by atoms with Crippen molar-refractivity contribution in [2.75, 3.05) is 26.3 Å². The van der Waals surface area contributed by atoms with Crippen molar-refractivity contribution < 1.29 is 29.0 Å². The van der Waals surface area contributed by atoms with E-state index >= 15 is 0 Å². The van der Waals surface area contributed by atoms with Gasteiger partial charge in [-0.2, -0.15) is 0 Å². The first-order valence-corrected chi connectivity index (χ1v) is 13.4. The molecule has 1 aromatic carbocycles. The highest BCUT2D eigenvalue weighted by molar-refractivity contribution is 5.99. The van der Waals surface area contributed by atoms with E-state index in [-0.39, 0.29) is 25.0 Å². The van der Waals surface area contributed by atoms with Crippen LogP contribution in [0, 0.1) is 11.8 Å². The molecular weight excluding hydrogens is 472 g/mol. The van der Waals surface area contributed by atoms with E-state index in [1.54, 1.807) is 9.80 Å². The number of hydrogen-bond donors (Lipinski definition) is 1. The van der Waals surface area contributed by atoms with Gasteiger partial charge in [0, 0.05) is 26.2 Å². The van der Waals surface area contributed by atoms with Gasteiger partial charge in [0.1, 0.15) is 23.2 Å². The van der Waals surface area contributed by atoms with Crippen LogP contribution < -0.4 is 0 Å². The zero-order valence-corrected chi connectivity index (χ0v) is 21.4. The van der Waals surface area contributed by atoms with Crippen LogP contribution in [-0.2, 0) is 30.4 Å². The highest BCUT2D eigenvalue weighted by Crippen LogP contribution is 2.58. The third-order valence-corrected chi connectivity index (χ3v) is 8.24. The maximum atomic E-state index is 14.3. The summed E-state index contributed by atoms with van der Waals surface area (Å²) < 4.78 is 12.5. The quantitative estimate of drug-likeness (QED) is 0.346. The Morgan fingerprint density at radius 1 is 1.03 bits per heavy atom. The second-order valence-corrected chi connectivity index (χ2v) is 10.4. The average molecular weight is 509 g/mol. The third kappa shape index (κ3) is 4.30. The number of fused-ring (bicyclic) bond motifs is 2. The van der Waals surface area contributed by atoms with Crippen LogP contribution >= 0.6 is 0 Å². The molecule has 4 heterocycles. The van der Waals surface area contributed by atoms with Crippen molar-refractivity contribution in [1.82, 2.24) is 9.80 Å². The number of cyclic esters (lactones) is 1. The number of ether oxygens (including phenoxy) is 2. The molecule has 0 bridgehead atoms. The zero-order chi connectivity index (χ0) is 26.0. The molecule has 5 rings (SSSR count). The van der Waals surface area contributed by atoms with Gasteiger partial charge in [-0.1, -0.05) is 61.6 Å². The van der Waals surface area contributed by atoms with Crippen molar-refractivity contribution in [2.45, 2.75) is 62.8 Å². The minimum Gasteiger partial charge on any atom is -0.465 e. The molecule has 198 valence electrons. The third-order valence-electron chi connectivity index (χ3n) is 8.24. The Labute approximate surface area is 217 Å². The Kier molecular flexibility index (Phi) is 7.23. The molecule has 8 heteroatoms. The molecule has 1 spiro atoms. The fourth-order valence-electron chi connectivity index (χ4n) is 6.50. The van der Waals surface area contributed by atoms with Gasteiger partial charge in [0.25, 0.3) is 0 Å². The lowest BCUT2D eigenvalue weighted by Crippen LogP contribution is -2.56. The summed E-state index contributed by atoms with van der Waals surface area (Å²) >= 11 is 0. The van der Waals surface area contributed by atoms with E-state index in [4.69, 9.17) is 9.47 Å². The Balaban J connectivity index is 1.59. The minimum atomic E-state index is -1.28. The van der Waals surface area contributed by atoms with Gasteiger partial charge in [0.2, 0.25) is 11.8 Å². The summed E-state index contributed by atoms with van der Waals surface area (Å²) in [6, 6.07) is 8.86. The Bertz CT molecular complexity index is 1090. The number of unbranched alkanes of at least 4 members (excludes halogenated alkanes) is 1. The number of allylic oxidation sites excluding steroid dienone is 1. The van der Waals surface area contributed by atoms with E-state index in [1.165, 1.54) is 0 Å². The second-order valence-electron chi connectivity index (χ2n) is 10.4. The summed E-state index contributed by atoms with van der Waals surface area (Å²) in [4.78, 5) is 45.3. The highest BCUT2D eigenvalue weighted by Gasteiger charge is 2.75. The number of aliphatic hydroxyl groups excluding tert-OH is 1. The smallest absolute Gasteiger partial charge is 0.313 e. The van der Waals surface area contributed by atoms with Crippen LogP contribution in [0.5, 0.6) is 0 Å². The van der Waals surface area contributed by atoms with E-state index in [1.807, 2.05) is 61.6 Å². The predicted molar refractivity (Wildman–Crippen MR) is 136 cm³/mol. The number of carbonyl (C=O) groups excluding carboxylic acids is 3. The van der Waals surface area contributed by atoms with Crippen LogP contribution in [0.3, 0.4) is 0 Å². The zero-order valence-electron chi connectivity index (χ0n) is 21.4. The van der Waals surface area contributed by atoms with Gasteiger partial charge in [-0.3, -0.25) is 14.4 Å². The van der Waals surface area contributed by atoms with Gasteiger partial charge < -0.3 is 24.4 Å². The first kappa shape index (κ1) is 25.7. The van der Waals surface area contributed by atoms with Crippen molar-refractivity contribution in [1.29, 1.82) is 0 Å². The molecule has 0 saturated carbocycles. The number of likely N-dealkylation sites (tertiary alicyclic amines) is 1. The van der Waals surface area contributed by atoms with E-state index in [2.05, 4.69) is 0 Å². The molecule has 4 aliphatic heterocycles. The number of hydrogen-bond acceptors (Lipinski definition) is 6. The lowest BCUT2D eigenvalue weighted by Gasteiger charge is -2.38. The van der Waals surface area contributed by atoms with Crippen LogP contribution in [0.1, 0.15) is 44.6 Å². The first-order chi connectivity index (χ1) is 18.0. The van der Waals surface area contributed by atoms with Crippen LogP contribution in [0.2, 0.25) is 0 Å². The minimum absolute atomic E-state index is 0.00441. The van der Waals surface area contributed by atoms with Crippen molar-refractivity contribution >= 4 is 17.8 Å². The van der Waals surface area contributed by atoms with Gasteiger partial charge >= 0.3 is 5.97 Å². The molecule has 1 N–H and O–H groups in total. The normalized spacial score (nSPS) is 34.1. The molecule has 1 unspecified atom stereocenters. The van der Waals surface area contributed by atoms with Crippen LogP contribution in [0.25, 0.3) is 0 Å². The summed E-state index contributed by atoms with van der Waals surface area (Å²) in [7, 11) is 0. The fraction of sp³-hybridized carbons (Fsp3) is 0.552. The van der Waals surface area contributed by atoms with Gasteiger partial charge in [-0.15, -0.1) is 0 Å². The molecule has 0 radical (unpaired) electrons. The van der Waals surface area contributed by atoms with Crippen molar-refractivity contribution in [2.24, 2.45) is 11.8 Å². The molecular formula is C29H36N2O6. The van der Waals surface area contributed by atoms with Crippen LogP contribution in [0.15, 0.2) is 54.6 Å². The molecule has 0 aromatic heterocycles. The maximum absolute atomic E-state index is 14.3. The van der Waals surface area contributed by atoms with Gasteiger partial charge in [0.05, 0.1) is 12.5 Å². The van der Waals surface area contributed by atoms with Gasteiger partial charge in [0.15, 0.2) is 0 Å². The summed E-state index contributed by atoms with van der Waals surface area (Å²) in [5.74, 6) is -2.59. The number of carbonyl (C=O) groups is 3.